The van der Waals surface area contributed by atoms with Gasteiger partial charge in [0.05, 0.1) is 0 Å². The number of hydrogen-bond donors (Lipinski definition) is 1. The van der Waals surface area contributed by atoms with Crippen LogP contribution in [0.25, 0.3) is 10.1 Å². The molecule has 0 amide bonds. The van der Waals surface area contributed by atoms with E-state index in [1.807, 2.05) is 11.3 Å². The van der Waals surface area contributed by atoms with Crippen LogP contribution >= 0.6 is 11.3 Å². The molecule has 0 aliphatic heterocycles. The van der Waals surface area contributed by atoms with E-state index in [1.54, 1.807) is 5.56 Å². The lowest BCUT2D eigenvalue weighted by molar-refractivity contribution is 0.590. The minimum absolute atomic E-state index is 0.535. The maximum absolute atomic E-state index is 3.57. The fourth-order valence-electron chi connectivity index (χ4n) is 2.61. The SMILES string of the molecule is Cc1ccc(C)c2c(C(C)C)c(CNC(C)C)sc12. The van der Waals surface area contributed by atoms with Crippen molar-refractivity contribution < 1.29 is 0 Å². The second kappa shape index (κ2) is 5.64. The molecule has 0 radical (unpaired) electrons. The lowest BCUT2D eigenvalue weighted by Crippen LogP contribution is -2.21. The topological polar surface area (TPSA) is 12.0 Å². The van der Waals surface area contributed by atoms with Gasteiger partial charge in [-0.1, -0.05) is 39.8 Å². The summed E-state index contributed by atoms with van der Waals surface area (Å²) in [7, 11) is 0. The van der Waals surface area contributed by atoms with E-state index in [-0.39, 0.29) is 0 Å². The number of hydrogen-bond acceptors (Lipinski definition) is 2. The van der Waals surface area contributed by atoms with Gasteiger partial charge < -0.3 is 5.32 Å². The molecule has 0 fully saturated rings. The highest BCUT2D eigenvalue weighted by Crippen LogP contribution is 2.39. The summed E-state index contributed by atoms with van der Waals surface area (Å²) in [5, 5.41) is 5.07. The molecule has 2 aromatic rings. The molecule has 0 bridgehead atoms. The van der Waals surface area contributed by atoms with E-state index < -0.39 is 0 Å². The summed E-state index contributed by atoms with van der Waals surface area (Å²) in [5.74, 6) is 0.582. The minimum atomic E-state index is 0.535. The van der Waals surface area contributed by atoms with E-state index in [4.69, 9.17) is 0 Å². The van der Waals surface area contributed by atoms with Crippen LogP contribution in [0.15, 0.2) is 12.1 Å². The van der Waals surface area contributed by atoms with Crippen molar-refractivity contribution in [1.29, 1.82) is 0 Å². The van der Waals surface area contributed by atoms with Crippen molar-refractivity contribution in [3.63, 3.8) is 0 Å². The number of thiophene rings is 1. The molecule has 1 aromatic carbocycles. The van der Waals surface area contributed by atoms with Gasteiger partial charge in [-0.2, -0.15) is 0 Å². The van der Waals surface area contributed by atoms with Crippen molar-refractivity contribution in [3.8, 4) is 0 Å². The molecule has 1 nitrogen and oxygen atoms in total. The van der Waals surface area contributed by atoms with Gasteiger partial charge in [-0.15, -0.1) is 11.3 Å². The van der Waals surface area contributed by atoms with Gasteiger partial charge >= 0.3 is 0 Å². The molecule has 1 heterocycles. The Bertz CT molecular complexity index is 578. The zero-order valence-electron chi connectivity index (χ0n) is 12.9. The number of rotatable bonds is 4. The van der Waals surface area contributed by atoms with Crippen LogP contribution in [0.1, 0.15) is 55.2 Å². The van der Waals surface area contributed by atoms with Gasteiger partial charge in [0.1, 0.15) is 0 Å². The first-order valence-corrected chi connectivity index (χ1v) is 7.98. The Balaban J connectivity index is 2.60. The standard InChI is InChI=1S/C17H25NS/c1-10(2)15-14(9-18-11(3)4)19-17-13(6)8-7-12(5)16(15)17/h7-8,10-11,18H,9H2,1-6H3. The van der Waals surface area contributed by atoms with Crippen LogP contribution in [0, 0.1) is 13.8 Å². The van der Waals surface area contributed by atoms with Crippen molar-refractivity contribution in [2.75, 3.05) is 0 Å². The number of fused-ring (bicyclic) bond motifs is 1. The summed E-state index contributed by atoms with van der Waals surface area (Å²) < 4.78 is 1.48. The summed E-state index contributed by atoms with van der Waals surface area (Å²) >= 11 is 1.97. The number of aryl methyl sites for hydroxylation is 2. The Labute approximate surface area is 121 Å². The average molecular weight is 275 g/mol. The van der Waals surface area contributed by atoms with E-state index in [0.717, 1.165) is 6.54 Å². The molecular formula is C17H25NS. The Morgan fingerprint density at radius 1 is 1.05 bits per heavy atom. The first-order chi connectivity index (χ1) is 8.91. The maximum atomic E-state index is 3.57. The molecule has 2 heteroatoms. The molecule has 0 aliphatic carbocycles. The summed E-state index contributed by atoms with van der Waals surface area (Å²) in [6.45, 7) is 14.5. The van der Waals surface area contributed by atoms with Gasteiger partial charge in [-0.3, -0.25) is 0 Å². The Hall–Kier alpha value is -0.860. The van der Waals surface area contributed by atoms with Crippen molar-refractivity contribution in [3.05, 3.63) is 33.7 Å². The second-order valence-corrected chi connectivity index (χ2v) is 7.14. The van der Waals surface area contributed by atoms with Crippen LogP contribution < -0.4 is 5.32 Å². The van der Waals surface area contributed by atoms with Crippen LogP contribution in [-0.4, -0.2) is 6.04 Å². The van der Waals surface area contributed by atoms with Gasteiger partial charge in [-0.05, 0) is 41.8 Å². The predicted octanol–water partition coefficient (Wildman–Crippen LogP) is 5.14. The first kappa shape index (κ1) is 14.5. The zero-order chi connectivity index (χ0) is 14.2. The third-order valence-corrected chi connectivity index (χ3v) is 4.95. The summed E-state index contributed by atoms with van der Waals surface area (Å²) in [6, 6.07) is 5.04. The fourth-order valence-corrected chi connectivity index (χ4v) is 4.06. The highest BCUT2D eigenvalue weighted by atomic mass is 32.1. The maximum Gasteiger partial charge on any atom is 0.0381 e. The third kappa shape index (κ3) is 2.85. The van der Waals surface area contributed by atoms with E-state index in [1.165, 1.54) is 26.1 Å². The minimum Gasteiger partial charge on any atom is -0.310 e. The first-order valence-electron chi connectivity index (χ1n) is 7.16. The molecule has 0 saturated heterocycles. The molecule has 1 N–H and O–H groups in total. The van der Waals surface area contributed by atoms with Crippen LogP contribution in [0.3, 0.4) is 0 Å². The quantitative estimate of drug-likeness (QED) is 0.814. The van der Waals surface area contributed by atoms with Crippen molar-refractivity contribution in [2.24, 2.45) is 0 Å². The summed E-state index contributed by atoms with van der Waals surface area (Å²) in [5.41, 5.74) is 4.37. The number of benzene rings is 1. The van der Waals surface area contributed by atoms with Crippen LogP contribution in [0.2, 0.25) is 0 Å². The van der Waals surface area contributed by atoms with Crippen molar-refractivity contribution in [2.45, 2.75) is 60.0 Å². The molecule has 0 unspecified atom stereocenters. The van der Waals surface area contributed by atoms with Crippen LogP contribution in [0.4, 0.5) is 0 Å². The third-order valence-electron chi connectivity index (χ3n) is 3.61. The lowest BCUT2D eigenvalue weighted by atomic mass is 9.95. The highest BCUT2D eigenvalue weighted by Gasteiger charge is 2.17. The van der Waals surface area contributed by atoms with Crippen LogP contribution in [0.5, 0.6) is 0 Å². The van der Waals surface area contributed by atoms with E-state index >= 15 is 0 Å². The molecule has 0 aliphatic rings. The normalized spacial score (nSPS) is 12.0. The molecule has 104 valence electrons. The van der Waals surface area contributed by atoms with Gasteiger partial charge in [-0.25, -0.2) is 0 Å². The Morgan fingerprint density at radius 3 is 2.26 bits per heavy atom. The lowest BCUT2D eigenvalue weighted by Gasteiger charge is -2.12. The molecule has 2 rings (SSSR count). The molecule has 0 spiro atoms. The molecule has 1 aromatic heterocycles. The van der Waals surface area contributed by atoms with E-state index in [2.05, 4.69) is 59.0 Å². The summed E-state index contributed by atoms with van der Waals surface area (Å²) in [4.78, 5) is 1.51. The van der Waals surface area contributed by atoms with Crippen molar-refractivity contribution >= 4 is 21.4 Å². The Kier molecular flexibility index (Phi) is 4.32. The van der Waals surface area contributed by atoms with Gasteiger partial charge in [0.2, 0.25) is 0 Å². The molecule has 0 saturated carbocycles. The monoisotopic (exact) mass is 275 g/mol. The van der Waals surface area contributed by atoms with Gasteiger partial charge in [0.15, 0.2) is 0 Å². The predicted molar refractivity (Wildman–Crippen MR) is 87.4 cm³/mol. The molecular weight excluding hydrogens is 250 g/mol. The fraction of sp³-hybridized carbons (Fsp3) is 0.529. The van der Waals surface area contributed by atoms with E-state index in [0.29, 0.717) is 12.0 Å². The molecule has 0 atom stereocenters. The van der Waals surface area contributed by atoms with Gasteiger partial charge in [0.25, 0.3) is 0 Å². The summed E-state index contributed by atoms with van der Waals surface area (Å²) in [6.07, 6.45) is 0. The highest BCUT2D eigenvalue weighted by molar-refractivity contribution is 7.19. The number of nitrogens with one attached hydrogen (secondary N) is 1. The second-order valence-electron chi connectivity index (χ2n) is 6.03. The molecule has 19 heavy (non-hydrogen) atoms. The van der Waals surface area contributed by atoms with Crippen LogP contribution in [-0.2, 0) is 6.54 Å². The smallest absolute Gasteiger partial charge is 0.0381 e. The van der Waals surface area contributed by atoms with Crippen molar-refractivity contribution in [1.82, 2.24) is 5.32 Å². The van der Waals surface area contributed by atoms with E-state index in [9.17, 15) is 0 Å². The average Bonchev–Trinajstić information content (AvgIpc) is 2.72. The largest absolute Gasteiger partial charge is 0.310 e. The Morgan fingerprint density at radius 2 is 1.68 bits per heavy atom. The van der Waals surface area contributed by atoms with Gasteiger partial charge in [0, 0.05) is 22.2 Å². The zero-order valence-corrected chi connectivity index (χ0v) is 13.7.